The summed E-state index contributed by atoms with van der Waals surface area (Å²) in [6, 6.07) is 4.67. The van der Waals surface area contributed by atoms with E-state index in [9.17, 15) is 13.2 Å². The first kappa shape index (κ1) is 15.9. The molecule has 0 radical (unpaired) electrons. The van der Waals surface area contributed by atoms with Crippen molar-refractivity contribution in [3.05, 3.63) is 24.6 Å². The van der Waals surface area contributed by atoms with Gasteiger partial charge >= 0.3 is 0 Å². The normalized spacial score (nSPS) is 17.3. The molecule has 0 N–H and O–H groups in total. The number of hydrogen-bond donors (Lipinski definition) is 0. The lowest BCUT2D eigenvalue weighted by atomic mass is 10.3. The minimum Gasteiger partial charge on any atom is -0.443 e. The van der Waals surface area contributed by atoms with Crippen LogP contribution >= 0.6 is 0 Å². The van der Waals surface area contributed by atoms with Crippen molar-refractivity contribution in [1.29, 1.82) is 0 Å². The maximum absolute atomic E-state index is 12.8. The van der Waals surface area contributed by atoms with Gasteiger partial charge in [-0.05, 0) is 18.6 Å². The number of sulfonamides is 1. The number of rotatable bonds is 3. The minimum atomic E-state index is -3.60. The molecule has 0 bridgehead atoms. The molecular weight excluding hydrogens is 318 g/mol. The molecule has 0 aliphatic carbocycles. The summed E-state index contributed by atoms with van der Waals surface area (Å²) in [5.74, 6) is 0.0623. The first-order chi connectivity index (χ1) is 11.0. The predicted molar refractivity (Wildman–Crippen MR) is 84.3 cm³/mol. The summed E-state index contributed by atoms with van der Waals surface area (Å²) in [6.07, 6.45) is 2.37. The van der Waals surface area contributed by atoms with Crippen molar-refractivity contribution >= 4 is 27.0 Å². The molecule has 1 aromatic carbocycles. The Morgan fingerprint density at radius 3 is 2.87 bits per heavy atom. The Morgan fingerprint density at radius 2 is 2.09 bits per heavy atom. The zero-order chi connectivity index (χ0) is 16.4. The lowest BCUT2D eigenvalue weighted by Crippen LogP contribution is -2.37. The molecule has 3 rings (SSSR count). The van der Waals surface area contributed by atoms with Crippen LogP contribution in [0.25, 0.3) is 11.1 Å². The molecule has 124 valence electrons. The molecule has 0 atom stereocenters. The van der Waals surface area contributed by atoms with Crippen LogP contribution in [0.1, 0.15) is 19.8 Å². The number of benzene rings is 1. The molecule has 1 aromatic heterocycles. The maximum atomic E-state index is 12.8. The summed E-state index contributed by atoms with van der Waals surface area (Å²) in [5, 5.41) is 0. The highest BCUT2D eigenvalue weighted by Crippen LogP contribution is 2.22. The van der Waals surface area contributed by atoms with Crippen molar-refractivity contribution in [3.8, 4) is 0 Å². The van der Waals surface area contributed by atoms with Gasteiger partial charge < -0.3 is 9.32 Å². The third-order valence-corrected chi connectivity index (χ3v) is 5.95. The van der Waals surface area contributed by atoms with Crippen molar-refractivity contribution in [2.45, 2.75) is 24.7 Å². The van der Waals surface area contributed by atoms with Crippen LogP contribution < -0.4 is 0 Å². The Labute approximate surface area is 134 Å². The zero-order valence-corrected chi connectivity index (χ0v) is 13.8. The number of carbonyl (C=O) groups excluding carboxylic acids is 1. The smallest absolute Gasteiger partial charge is 0.243 e. The van der Waals surface area contributed by atoms with Crippen molar-refractivity contribution < 1.29 is 17.6 Å². The Bertz CT molecular complexity index is 815. The second-order valence-corrected chi connectivity index (χ2v) is 7.41. The molecule has 23 heavy (non-hydrogen) atoms. The third kappa shape index (κ3) is 3.09. The highest BCUT2D eigenvalue weighted by atomic mass is 32.2. The molecule has 8 heteroatoms. The van der Waals surface area contributed by atoms with Gasteiger partial charge in [0.1, 0.15) is 5.52 Å². The van der Waals surface area contributed by atoms with Crippen LogP contribution in [0.15, 0.2) is 33.9 Å². The third-order valence-electron chi connectivity index (χ3n) is 4.05. The number of aromatic nitrogens is 1. The summed E-state index contributed by atoms with van der Waals surface area (Å²) in [5.41, 5.74) is 1.07. The van der Waals surface area contributed by atoms with Gasteiger partial charge in [0, 0.05) is 38.7 Å². The lowest BCUT2D eigenvalue weighted by Gasteiger charge is -2.21. The van der Waals surface area contributed by atoms with Crippen LogP contribution in [0.2, 0.25) is 0 Å². The number of nitrogens with zero attached hydrogens (tertiary/aromatic N) is 3. The average molecular weight is 337 g/mol. The molecule has 1 aliphatic heterocycles. The quantitative estimate of drug-likeness (QED) is 0.847. The van der Waals surface area contributed by atoms with Crippen LogP contribution in [0, 0.1) is 0 Å². The van der Waals surface area contributed by atoms with Gasteiger partial charge in [-0.25, -0.2) is 13.4 Å². The molecule has 1 aliphatic rings. The molecule has 7 nitrogen and oxygen atoms in total. The molecule has 1 fully saturated rings. The zero-order valence-electron chi connectivity index (χ0n) is 12.9. The number of hydrogen-bond acceptors (Lipinski definition) is 5. The first-order valence-corrected chi connectivity index (χ1v) is 9.07. The van der Waals surface area contributed by atoms with Gasteiger partial charge in [0.25, 0.3) is 0 Å². The summed E-state index contributed by atoms with van der Waals surface area (Å²) in [7, 11) is -3.60. The summed E-state index contributed by atoms with van der Waals surface area (Å²) < 4.78 is 32.2. The van der Waals surface area contributed by atoms with Gasteiger partial charge in [-0.3, -0.25) is 4.79 Å². The van der Waals surface area contributed by atoms with E-state index < -0.39 is 10.0 Å². The van der Waals surface area contributed by atoms with E-state index in [0.29, 0.717) is 50.1 Å². The van der Waals surface area contributed by atoms with E-state index in [1.165, 1.54) is 16.8 Å². The lowest BCUT2D eigenvalue weighted by molar-refractivity contribution is -0.130. The van der Waals surface area contributed by atoms with Gasteiger partial charge in [0.05, 0.1) is 4.90 Å². The SMILES string of the molecule is CCC(=O)N1CCCN(S(=O)(=O)c2ccc3ncoc3c2)CC1. The van der Waals surface area contributed by atoms with E-state index in [-0.39, 0.29) is 10.8 Å². The number of oxazole rings is 1. The minimum absolute atomic E-state index is 0.0623. The molecule has 0 saturated carbocycles. The van der Waals surface area contributed by atoms with Crippen molar-refractivity contribution in [2.75, 3.05) is 26.2 Å². The molecule has 2 heterocycles. The Morgan fingerprint density at radius 1 is 1.26 bits per heavy atom. The molecule has 2 aromatic rings. The molecule has 0 spiro atoms. The number of carbonyl (C=O) groups is 1. The number of amides is 1. The predicted octanol–water partition coefficient (Wildman–Crippen LogP) is 1.46. The summed E-state index contributed by atoms with van der Waals surface area (Å²) in [4.78, 5) is 17.7. The average Bonchev–Trinajstić information content (AvgIpc) is 2.87. The maximum Gasteiger partial charge on any atom is 0.243 e. The second-order valence-electron chi connectivity index (χ2n) is 5.47. The van der Waals surface area contributed by atoms with Crippen LogP contribution in [-0.2, 0) is 14.8 Å². The van der Waals surface area contributed by atoms with Gasteiger partial charge in [-0.1, -0.05) is 6.92 Å². The van der Waals surface area contributed by atoms with Crippen LogP contribution in [0.4, 0.5) is 0 Å². The Hall–Kier alpha value is -1.93. The fourth-order valence-corrected chi connectivity index (χ4v) is 4.24. The van der Waals surface area contributed by atoms with Crippen molar-refractivity contribution in [2.24, 2.45) is 0 Å². The fraction of sp³-hybridized carbons (Fsp3) is 0.467. The topological polar surface area (TPSA) is 83.7 Å². The monoisotopic (exact) mass is 337 g/mol. The van der Waals surface area contributed by atoms with Crippen LogP contribution in [-0.4, -0.2) is 54.7 Å². The molecule has 1 amide bonds. The van der Waals surface area contributed by atoms with E-state index in [1.807, 2.05) is 6.92 Å². The van der Waals surface area contributed by atoms with Gasteiger partial charge in [0.2, 0.25) is 15.9 Å². The Kier molecular flexibility index (Phi) is 4.36. The van der Waals surface area contributed by atoms with Gasteiger partial charge in [-0.2, -0.15) is 4.31 Å². The van der Waals surface area contributed by atoms with E-state index in [1.54, 1.807) is 17.0 Å². The summed E-state index contributed by atoms with van der Waals surface area (Å²) >= 11 is 0. The van der Waals surface area contributed by atoms with Crippen LogP contribution in [0.3, 0.4) is 0 Å². The largest absolute Gasteiger partial charge is 0.443 e. The fourth-order valence-electron chi connectivity index (χ4n) is 2.75. The number of fused-ring (bicyclic) bond motifs is 1. The highest BCUT2D eigenvalue weighted by Gasteiger charge is 2.28. The molecular formula is C15H19N3O4S. The van der Waals surface area contributed by atoms with Gasteiger partial charge in [-0.15, -0.1) is 0 Å². The van der Waals surface area contributed by atoms with E-state index >= 15 is 0 Å². The van der Waals surface area contributed by atoms with Crippen LogP contribution in [0.5, 0.6) is 0 Å². The van der Waals surface area contributed by atoms with Crippen molar-refractivity contribution in [3.63, 3.8) is 0 Å². The van der Waals surface area contributed by atoms with Gasteiger partial charge in [0.15, 0.2) is 12.0 Å². The first-order valence-electron chi connectivity index (χ1n) is 7.63. The molecule has 1 saturated heterocycles. The van der Waals surface area contributed by atoms with Crippen molar-refractivity contribution in [1.82, 2.24) is 14.2 Å². The van der Waals surface area contributed by atoms with E-state index in [0.717, 1.165) is 0 Å². The summed E-state index contributed by atoms with van der Waals surface area (Å²) in [6.45, 7) is 3.55. The highest BCUT2D eigenvalue weighted by molar-refractivity contribution is 7.89. The van der Waals surface area contributed by atoms with E-state index in [2.05, 4.69) is 4.98 Å². The second kappa shape index (κ2) is 6.29. The standard InChI is InChI=1S/C15H19N3O4S/c1-2-15(19)17-6-3-7-18(9-8-17)23(20,21)12-4-5-13-14(10-12)22-11-16-13/h4-5,10-11H,2-3,6-9H2,1H3. The van der Waals surface area contributed by atoms with E-state index in [4.69, 9.17) is 4.42 Å². The Balaban J connectivity index is 1.83. The molecule has 0 unspecified atom stereocenters.